The van der Waals surface area contributed by atoms with E-state index < -0.39 is 6.67 Å². The highest BCUT2D eigenvalue weighted by Gasteiger charge is 2.05. The van der Waals surface area contributed by atoms with Gasteiger partial charge in [0.25, 0.3) is 0 Å². The molecule has 2 rings (SSSR count). The maximum Gasteiger partial charge on any atom is 0.115 e. The Bertz CT molecular complexity index is 523. The number of nitrogens with zero attached hydrogens (tertiary/aromatic N) is 1. The molecule has 0 unspecified atom stereocenters. The molecule has 0 saturated carbocycles. The van der Waals surface area contributed by atoms with E-state index in [-0.39, 0.29) is 0 Å². The quantitative estimate of drug-likeness (QED) is 0.797. The Morgan fingerprint density at radius 3 is 2.32 bits per heavy atom. The van der Waals surface area contributed by atoms with Crippen molar-refractivity contribution in [1.29, 1.82) is 0 Å². The summed E-state index contributed by atoms with van der Waals surface area (Å²) in [4.78, 5) is 4.55. The fraction of sp³-hybridized carbons (Fsp3) is 0.250. The highest BCUT2D eigenvalue weighted by molar-refractivity contribution is 7.99. The van der Waals surface area contributed by atoms with Gasteiger partial charge in [0.1, 0.15) is 6.67 Å². The lowest BCUT2D eigenvalue weighted by Gasteiger charge is -2.13. The van der Waals surface area contributed by atoms with Crippen LogP contribution in [0.15, 0.2) is 58.3 Å². The lowest BCUT2D eigenvalue weighted by Crippen LogP contribution is -2.11. The largest absolute Gasteiger partial charge is 0.305 e. The van der Waals surface area contributed by atoms with E-state index >= 15 is 0 Å². The average Bonchev–Trinajstić information content (AvgIpc) is 2.41. The van der Waals surface area contributed by atoms with Gasteiger partial charge in [-0.2, -0.15) is 0 Å². The lowest BCUT2D eigenvalue weighted by molar-refractivity contribution is 0.399. The molecular weight excluding hydrogens is 257 g/mol. The van der Waals surface area contributed by atoms with E-state index in [9.17, 15) is 4.39 Å². The summed E-state index contributed by atoms with van der Waals surface area (Å²) in [6, 6.07) is 16.0. The molecule has 1 nitrogen and oxygen atoms in total. The third-order valence-corrected chi connectivity index (χ3v) is 3.89. The minimum absolute atomic E-state index is 0.401. The molecule has 2 aromatic rings. The second kappa shape index (κ2) is 6.73. The molecule has 0 aliphatic carbocycles. The number of alkyl halides is 1. The van der Waals surface area contributed by atoms with E-state index in [1.165, 1.54) is 10.5 Å². The summed E-state index contributed by atoms with van der Waals surface area (Å²) in [7, 11) is 4.13. The van der Waals surface area contributed by atoms with Gasteiger partial charge in [-0.25, -0.2) is 4.39 Å². The first-order valence-electron chi connectivity index (χ1n) is 6.24. The zero-order chi connectivity index (χ0) is 13.7. The smallest absolute Gasteiger partial charge is 0.115 e. The first-order valence-corrected chi connectivity index (χ1v) is 7.06. The van der Waals surface area contributed by atoms with Crippen LogP contribution in [-0.2, 0) is 13.2 Å². The highest BCUT2D eigenvalue weighted by Crippen LogP contribution is 2.31. The summed E-state index contributed by atoms with van der Waals surface area (Å²) in [5.41, 5.74) is 2.04. The van der Waals surface area contributed by atoms with Crippen molar-refractivity contribution < 1.29 is 4.39 Å². The third-order valence-electron chi connectivity index (χ3n) is 2.76. The molecule has 0 heterocycles. The molecule has 19 heavy (non-hydrogen) atoms. The van der Waals surface area contributed by atoms with E-state index in [1.54, 1.807) is 11.8 Å². The molecule has 0 saturated heterocycles. The van der Waals surface area contributed by atoms with Crippen LogP contribution in [0.3, 0.4) is 0 Å². The predicted molar refractivity (Wildman–Crippen MR) is 79.2 cm³/mol. The summed E-state index contributed by atoms with van der Waals surface area (Å²) >= 11 is 1.73. The molecule has 0 aliphatic heterocycles. The fourth-order valence-electron chi connectivity index (χ4n) is 1.85. The molecule has 0 aliphatic rings. The summed E-state index contributed by atoms with van der Waals surface area (Å²) < 4.78 is 12.5. The van der Waals surface area contributed by atoms with Crippen molar-refractivity contribution in [3.63, 3.8) is 0 Å². The van der Waals surface area contributed by atoms with Gasteiger partial charge in [-0.1, -0.05) is 42.1 Å². The van der Waals surface area contributed by atoms with E-state index in [1.807, 2.05) is 24.3 Å². The first kappa shape index (κ1) is 14.1. The number of rotatable bonds is 5. The van der Waals surface area contributed by atoms with Gasteiger partial charge in [0.2, 0.25) is 0 Å². The van der Waals surface area contributed by atoms with Gasteiger partial charge in [0, 0.05) is 16.3 Å². The Morgan fingerprint density at radius 2 is 1.68 bits per heavy atom. The highest BCUT2D eigenvalue weighted by atomic mass is 32.2. The molecule has 0 aromatic heterocycles. The molecule has 0 bridgehead atoms. The van der Waals surface area contributed by atoms with E-state index in [2.05, 4.69) is 43.3 Å². The monoisotopic (exact) mass is 275 g/mol. The van der Waals surface area contributed by atoms with E-state index in [0.717, 1.165) is 17.0 Å². The Balaban J connectivity index is 2.17. The maximum absolute atomic E-state index is 12.5. The molecule has 100 valence electrons. The summed E-state index contributed by atoms with van der Waals surface area (Å²) in [5, 5.41) is 0. The molecule has 3 heteroatoms. The molecule has 0 fully saturated rings. The van der Waals surface area contributed by atoms with Crippen molar-refractivity contribution >= 4 is 11.8 Å². The molecule has 2 aromatic carbocycles. The van der Waals surface area contributed by atoms with Gasteiger partial charge in [0.05, 0.1) is 0 Å². The predicted octanol–water partition coefficient (Wildman–Crippen LogP) is 4.37. The molecule has 0 spiro atoms. The van der Waals surface area contributed by atoms with Crippen LogP contribution in [0.2, 0.25) is 0 Å². The zero-order valence-corrected chi connectivity index (χ0v) is 12.1. The van der Waals surface area contributed by atoms with Crippen molar-refractivity contribution in [2.75, 3.05) is 14.1 Å². The first-order chi connectivity index (χ1) is 9.19. The third kappa shape index (κ3) is 4.08. The van der Waals surface area contributed by atoms with Crippen LogP contribution >= 0.6 is 11.8 Å². The minimum Gasteiger partial charge on any atom is -0.305 e. The Morgan fingerprint density at radius 1 is 1.00 bits per heavy atom. The van der Waals surface area contributed by atoms with Crippen LogP contribution in [0, 0.1) is 0 Å². The second-order valence-electron chi connectivity index (χ2n) is 4.73. The second-order valence-corrected chi connectivity index (χ2v) is 5.84. The van der Waals surface area contributed by atoms with Crippen LogP contribution in [0.4, 0.5) is 4.39 Å². The Labute approximate surface area is 118 Å². The van der Waals surface area contributed by atoms with Gasteiger partial charge >= 0.3 is 0 Å². The number of benzene rings is 2. The van der Waals surface area contributed by atoms with Gasteiger partial charge < -0.3 is 4.90 Å². The van der Waals surface area contributed by atoms with Crippen LogP contribution in [-0.4, -0.2) is 19.0 Å². The van der Waals surface area contributed by atoms with Gasteiger partial charge in [-0.15, -0.1) is 0 Å². The minimum atomic E-state index is -0.401. The Hall–Kier alpha value is -1.32. The van der Waals surface area contributed by atoms with E-state index in [4.69, 9.17) is 0 Å². The Kier molecular flexibility index (Phi) is 5.00. The van der Waals surface area contributed by atoms with Crippen molar-refractivity contribution in [1.82, 2.24) is 4.90 Å². The van der Waals surface area contributed by atoms with Crippen molar-refractivity contribution in [3.8, 4) is 0 Å². The normalized spacial score (nSPS) is 10.9. The molecular formula is C16H18FNS. The van der Waals surface area contributed by atoms with Gasteiger partial charge in [0.15, 0.2) is 0 Å². The standard InChI is InChI=1S/C16H18FNS/c1-18(2)12-14-5-3-4-6-16(14)19-15-9-7-13(11-17)8-10-15/h3-10H,11-12H2,1-2H3. The maximum atomic E-state index is 12.5. The SMILES string of the molecule is CN(C)Cc1ccccc1Sc1ccc(CF)cc1. The fourth-order valence-corrected chi connectivity index (χ4v) is 2.78. The van der Waals surface area contributed by atoms with Crippen LogP contribution < -0.4 is 0 Å². The number of halogens is 1. The zero-order valence-electron chi connectivity index (χ0n) is 11.3. The van der Waals surface area contributed by atoms with Crippen LogP contribution in [0.1, 0.15) is 11.1 Å². The summed E-state index contributed by atoms with van der Waals surface area (Å²) in [5.74, 6) is 0. The lowest BCUT2D eigenvalue weighted by atomic mass is 10.2. The average molecular weight is 275 g/mol. The molecule has 0 radical (unpaired) electrons. The van der Waals surface area contributed by atoms with Crippen molar-refractivity contribution in [2.45, 2.75) is 23.0 Å². The molecule has 0 atom stereocenters. The van der Waals surface area contributed by atoms with Crippen LogP contribution in [0.5, 0.6) is 0 Å². The summed E-state index contributed by atoms with van der Waals surface area (Å²) in [6.07, 6.45) is 0. The number of hydrogen-bond acceptors (Lipinski definition) is 2. The van der Waals surface area contributed by atoms with Gasteiger partial charge in [-0.05, 0) is 43.4 Å². The van der Waals surface area contributed by atoms with E-state index in [0.29, 0.717) is 0 Å². The summed E-state index contributed by atoms with van der Waals surface area (Å²) in [6.45, 7) is 0.522. The van der Waals surface area contributed by atoms with Gasteiger partial charge in [-0.3, -0.25) is 0 Å². The topological polar surface area (TPSA) is 3.24 Å². The number of hydrogen-bond donors (Lipinski definition) is 0. The molecule has 0 amide bonds. The van der Waals surface area contributed by atoms with Crippen LogP contribution in [0.25, 0.3) is 0 Å². The van der Waals surface area contributed by atoms with Crippen molar-refractivity contribution in [3.05, 3.63) is 59.7 Å². The molecule has 0 N–H and O–H groups in total. The van der Waals surface area contributed by atoms with Crippen molar-refractivity contribution in [2.24, 2.45) is 0 Å².